The van der Waals surface area contributed by atoms with Gasteiger partial charge in [-0.1, -0.05) is 63.2 Å². The number of hydrogen-bond donors (Lipinski definition) is 0. The number of rotatable bonds is 6. The van der Waals surface area contributed by atoms with Crippen molar-refractivity contribution in [3.8, 4) is 0 Å². The summed E-state index contributed by atoms with van der Waals surface area (Å²) in [7, 11) is -0.306. The molecule has 1 aliphatic heterocycles. The van der Waals surface area contributed by atoms with Crippen LogP contribution in [0.5, 0.6) is 0 Å². The second kappa shape index (κ2) is 9.87. The first-order valence-electron chi connectivity index (χ1n) is 10.6. The summed E-state index contributed by atoms with van der Waals surface area (Å²) in [6.45, 7) is 2.36. The molecule has 2 fully saturated rings. The lowest BCUT2D eigenvalue weighted by Crippen LogP contribution is -2.22. The van der Waals surface area contributed by atoms with Crippen molar-refractivity contribution in [2.24, 2.45) is 11.8 Å². The predicted octanol–water partition coefficient (Wildman–Crippen LogP) is 7.53. The maximum absolute atomic E-state index is 13.8. The van der Waals surface area contributed by atoms with Crippen molar-refractivity contribution in [3.63, 3.8) is 0 Å². The van der Waals surface area contributed by atoms with Gasteiger partial charge in [-0.25, -0.2) is 4.39 Å². The van der Waals surface area contributed by atoms with E-state index in [1.807, 2.05) is 6.07 Å². The molecule has 0 radical (unpaired) electrons. The molecule has 25 heavy (non-hydrogen) atoms. The molecule has 1 aromatic carbocycles. The SMILES string of the molecule is CCC[SiH]1CCC(CC[C@H]2CC[C@H](c3ccc(I)c(F)c3)CC2)CC1. The molecule has 1 saturated heterocycles. The highest BCUT2D eigenvalue weighted by molar-refractivity contribution is 14.1. The van der Waals surface area contributed by atoms with Gasteiger partial charge in [0.15, 0.2) is 0 Å². The first kappa shape index (κ1) is 19.8. The standard InChI is InChI=1S/C22H34FISi/c1-2-13-25-14-11-18(12-15-25)4-3-17-5-7-19(8-6-17)20-9-10-22(24)21(23)16-20/h9-10,16-19,25H,2-8,11-15H2,1H3/t17-,18?,19-,25?. The topological polar surface area (TPSA) is 0 Å². The van der Waals surface area contributed by atoms with E-state index in [0.717, 1.165) is 15.4 Å². The van der Waals surface area contributed by atoms with E-state index in [2.05, 4.69) is 35.6 Å². The number of benzene rings is 1. The Labute approximate surface area is 169 Å². The van der Waals surface area contributed by atoms with Crippen molar-refractivity contribution >= 4 is 31.4 Å². The van der Waals surface area contributed by atoms with E-state index >= 15 is 0 Å². The van der Waals surface area contributed by atoms with Crippen LogP contribution in [-0.4, -0.2) is 8.80 Å². The van der Waals surface area contributed by atoms with Gasteiger partial charge < -0.3 is 0 Å². The minimum absolute atomic E-state index is 0.0394. The summed E-state index contributed by atoms with van der Waals surface area (Å²) < 4.78 is 14.6. The van der Waals surface area contributed by atoms with Crippen LogP contribution in [0.4, 0.5) is 4.39 Å². The van der Waals surface area contributed by atoms with E-state index in [1.165, 1.54) is 50.5 Å². The van der Waals surface area contributed by atoms with E-state index in [9.17, 15) is 4.39 Å². The van der Waals surface area contributed by atoms with Crippen molar-refractivity contribution in [2.75, 3.05) is 0 Å². The lowest BCUT2D eigenvalue weighted by Gasteiger charge is -2.32. The fraction of sp³-hybridized carbons (Fsp3) is 0.727. The Hall–Kier alpha value is 0.0969. The van der Waals surface area contributed by atoms with Crippen LogP contribution in [0.2, 0.25) is 18.1 Å². The van der Waals surface area contributed by atoms with Crippen LogP contribution in [0, 0.1) is 21.2 Å². The Balaban J connectivity index is 1.37. The average molecular weight is 473 g/mol. The molecule has 0 bridgehead atoms. The van der Waals surface area contributed by atoms with Crippen LogP contribution in [-0.2, 0) is 0 Å². The van der Waals surface area contributed by atoms with E-state index < -0.39 is 0 Å². The smallest absolute Gasteiger partial charge is 0.136 e. The van der Waals surface area contributed by atoms with Gasteiger partial charge in [0.1, 0.15) is 5.82 Å². The largest absolute Gasteiger partial charge is 0.206 e. The van der Waals surface area contributed by atoms with Crippen LogP contribution in [0.1, 0.15) is 76.2 Å². The molecule has 1 saturated carbocycles. The van der Waals surface area contributed by atoms with Gasteiger partial charge in [-0.05, 0) is 83.7 Å². The zero-order chi connectivity index (χ0) is 17.6. The molecule has 1 aliphatic carbocycles. The fourth-order valence-corrected chi connectivity index (χ4v) is 9.14. The van der Waals surface area contributed by atoms with Gasteiger partial charge in [0, 0.05) is 12.4 Å². The first-order chi connectivity index (χ1) is 12.2. The number of hydrogen-bond acceptors (Lipinski definition) is 0. The molecule has 2 aliphatic rings. The normalized spacial score (nSPS) is 30.4. The molecule has 1 heterocycles. The summed E-state index contributed by atoms with van der Waals surface area (Å²) in [5, 5.41) is 0. The van der Waals surface area contributed by atoms with Crippen LogP contribution >= 0.6 is 22.6 Å². The predicted molar refractivity (Wildman–Crippen MR) is 118 cm³/mol. The Morgan fingerprint density at radius 1 is 1.00 bits per heavy atom. The summed E-state index contributed by atoms with van der Waals surface area (Å²) in [4.78, 5) is 0. The van der Waals surface area contributed by atoms with Crippen LogP contribution < -0.4 is 0 Å². The Kier molecular flexibility index (Phi) is 7.83. The minimum atomic E-state index is -0.306. The van der Waals surface area contributed by atoms with Crippen LogP contribution in [0.15, 0.2) is 18.2 Å². The molecular formula is C22H34FISi. The second-order valence-corrected chi connectivity index (χ2v) is 13.3. The molecule has 140 valence electrons. The van der Waals surface area contributed by atoms with Crippen LogP contribution in [0.25, 0.3) is 0 Å². The van der Waals surface area contributed by atoms with Gasteiger partial charge in [-0.15, -0.1) is 0 Å². The highest BCUT2D eigenvalue weighted by atomic mass is 127. The molecule has 0 atom stereocenters. The molecule has 3 heteroatoms. The third-order valence-corrected chi connectivity index (χ3v) is 11.5. The van der Waals surface area contributed by atoms with Gasteiger partial charge in [0.2, 0.25) is 0 Å². The maximum Gasteiger partial charge on any atom is 0.136 e. The van der Waals surface area contributed by atoms with Gasteiger partial charge in [0.05, 0.1) is 0 Å². The molecule has 3 rings (SSSR count). The molecule has 0 aromatic heterocycles. The van der Waals surface area contributed by atoms with E-state index in [0.29, 0.717) is 5.92 Å². The van der Waals surface area contributed by atoms with Gasteiger partial charge >= 0.3 is 0 Å². The monoisotopic (exact) mass is 472 g/mol. The lowest BCUT2D eigenvalue weighted by atomic mass is 9.76. The summed E-state index contributed by atoms with van der Waals surface area (Å²) >= 11 is 2.08. The van der Waals surface area contributed by atoms with E-state index in [4.69, 9.17) is 0 Å². The highest BCUT2D eigenvalue weighted by Gasteiger charge is 2.25. The molecule has 0 unspecified atom stereocenters. The highest BCUT2D eigenvalue weighted by Crippen LogP contribution is 2.39. The van der Waals surface area contributed by atoms with Gasteiger partial charge in [0.25, 0.3) is 0 Å². The molecule has 1 aromatic rings. The fourth-order valence-electron chi connectivity index (χ4n) is 5.24. The second-order valence-electron chi connectivity index (χ2n) is 8.64. The summed E-state index contributed by atoms with van der Waals surface area (Å²) in [5.74, 6) is 2.54. The van der Waals surface area contributed by atoms with Crippen LogP contribution in [0.3, 0.4) is 0 Å². The summed E-state index contributed by atoms with van der Waals surface area (Å²) in [6, 6.07) is 10.7. The molecular weight excluding hydrogens is 438 g/mol. The Morgan fingerprint density at radius 3 is 2.24 bits per heavy atom. The zero-order valence-electron chi connectivity index (χ0n) is 15.8. The maximum atomic E-state index is 13.8. The van der Waals surface area contributed by atoms with Gasteiger partial charge in [-0.2, -0.15) is 0 Å². The molecule has 0 spiro atoms. The van der Waals surface area contributed by atoms with E-state index in [-0.39, 0.29) is 14.6 Å². The lowest BCUT2D eigenvalue weighted by molar-refractivity contribution is 0.280. The summed E-state index contributed by atoms with van der Waals surface area (Å²) in [5.41, 5.74) is 1.23. The van der Waals surface area contributed by atoms with Crippen molar-refractivity contribution in [1.82, 2.24) is 0 Å². The summed E-state index contributed by atoms with van der Waals surface area (Å²) in [6.07, 6.45) is 12.7. The van der Waals surface area contributed by atoms with Crippen molar-refractivity contribution in [1.29, 1.82) is 0 Å². The van der Waals surface area contributed by atoms with Crippen molar-refractivity contribution < 1.29 is 4.39 Å². The molecule has 0 amide bonds. The first-order valence-corrected chi connectivity index (χ1v) is 14.1. The third kappa shape index (κ3) is 5.79. The Morgan fingerprint density at radius 2 is 1.64 bits per heavy atom. The van der Waals surface area contributed by atoms with E-state index in [1.54, 1.807) is 37.0 Å². The quantitative estimate of drug-likeness (QED) is 0.297. The average Bonchev–Trinajstić information content (AvgIpc) is 2.64. The minimum Gasteiger partial charge on any atom is -0.206 e. The molecule has 0 nitrogen and oxygen atoms in total. The zero-order valence-corrected chi connectivity index (χ0v) is 19.1. The number of halogens is 2. The Bertz CT molecular complexity index is 531. The van der Waals surface area contributed by atoms with Crippen molar-refractivity contribution in [3.05, 3.63) is 33.1 Å². The molecule has 0 N–H and O–H groups in total. The van der Waals surface area contributed by atoms with Gasteiger partial charge in [-0.3, -0.25) is 0 Å². The van der Waals surface area contributed by atoms with Crippen molar-refractivity contribution in [2.45, 2.75) is 88.8 Å². The third-order valence-electron chi connectivity index (χ3n) is 6.91.